The van der Waals surface area contributed by atoms with Gasteiger partial charge in [0.1, 0.15) is 0 Å². The molecule has 0 aromatic heterocycles. The molecule has 0 atom stereocenters. The molecule has 0 bridgehead atoms. The molecule has 3 aromatic carbocycles. The molecular formula is C17H15N3O. The highest BCUT2D eigenvalue weighted by atomic mass is 16.1. The number of benzene rings is 3. The Balaban J connectivity index is 1.89. The molecule has 3 rings (SSSR count). The zero-order valence-corrected chi connectivity index (χ0v) is 11.3. The molecule has 0 aliphatic carbocycles. The number of fused-ring (bicyclic) bond motifs is 1. The summed E-state index contributed by atoms with van der Waals surface area (Å²) >= 11 is 0. The predicted octanol–water partition coefficient (Wildman–Crippen LogP) is 3.26. The minimum absolute atomic E-state index is 0.247. The molecular weight excluding hydrogens is 262 g/mol. The van der Waals surface area contributed by atoms with Gasteiger partial charge in [-0.3, -0.25) is 4.79 Å². The van der Waals surface area contributed by atoms with E-state index in [-0.39, 0.29) is 5.91 Å². The lowest BCUT2D eigenvalue weighted by molar-refractivity contribution is 0.102. The molecule has 4 heteroatoms. The maximum atomic E-state index is 12.3. The van der Waals surface area contributed by atoms with E-state index >= 15 is 0 Å². The number of nitrogen functional groups attached to an aromatic ring is 2. The highest BCUT2D eigenvalue weighted by Crippen LogP contribution is 2.21. The molecule has 3 aromatic rings. The number of rotatable bonds is 2. The number of nitrogens with one attached hydrogen (secondary N) is 1. The van der Waals surface area contributed by atoms with Gasteiger partial charge >= 0.3 is 0 Å². The van der Waals surface area contributed by atoms with Gasteiger partial charge in [-0.1, -0.05) is 30.3 Å². The van der Waals surface area contributed by atoms with Gasteiger partial charge in [-0.2, -0.15) is 0 Å². The van der Waals surface area contributed by atoms with Crippen LogP contribution in [0.3, 0.4) is 0 Å². The van der Waals surface area contributed by atoms with Crippen LogP contribution < -0.4 is 16.8 Å². The summed E-state index contributed by atoms with van der Waals surface area (Å²) < 4.78 is 0. The zero-order valence-electron chi connectivity index (χ0n) is 11.3. The fourth-order valence-corrected chi connectivity index (χ4v) is 2.25. The fraction of sp³-hybridized carbons (Fsp3) is 0. The molecule has 0 heterocycles. The Bertz CT molecular complexity index is 827. The Morgan fingerprint density at radius 2 is 1.62 bits per heavy atom. The topological polar surface area (TPSA) is 81.1 Å². The molecule has 0 saturated carbocycles. The summed E-state index contributed by atoms with van der Waals surface area (Å²) in [5, 5.41) is 5.05. The second-order valence-electron chi connectivity index (χ2n) is 4.86. The van der Waals surface area contributed by atoms with Crippen molar-refractivity contribution in [2.24, 2.45) is 0 Å². The second-order valence-corrected chi connectivity index (χ2v) is 4.86. The first-order chi connectivity index (χ1) is 10.1. The van der Waals surface area contributed by atoms with E-state index in [1.807, 2.05) is 42.5 Å². The number of carbonyl (C=O) groups is 1. The molecule has 0 radical (unpaired) electrons. The summed E-state index contributed by atoms with van der Waals surface area (Å²) in [6.45, 7) is 0. The number of nitrogens with two attached hydrogens (primary N) is 2. The summed E-state index contributed by atoms with van der Waals surface area (Å²) in [6.07, 6.45) is 0. The van der Waals surface area contributed by atoms with Gasteiger partial charge in [0, 0.05) is 17.1 Å². The Kier molecular flexibility index (Phi) is 3.20. The van der Waals surface area contributed by atoms with Crippen molar-refractivity contribution in [3.63, 3.8) is 0 Å². The largest absolute Gasteiger partial charge is 0.399 e. The van der Waals surface area contributed by atoms with Crippen molar-refractivity contribution >= 4 is 33.7 Å². The first kappa shape index (κ1) is 13.0. The van der Waals surface area contributed by atoms with Crippen molar-refractivity contribution in [3.8, 4) is 0 Å². The third-order valence-electron chi connectivity index (χ3n) is 3.33. The lowest BCUT2D eigenvalue weighted by Crippen LogP contribution is -2.14. The number of amides is 1. The maximum absolute atomic E-state index is 12.3. The van der Waals surface area contributed by atoms with Gasteiger partial charge in [-0.15, -0.1) is 0 Å². The van der Waals surface area contributed by atoms with E-state index in [9.17, 15) is 4.79 Å². The Labute approximate surface area is 122 Å². The van der Waals surface area contributed by atoms with Crippen molar-refractivity contribution in [2.45, 2.75) is 0 Å². The van der Waals surface area contributed by atoms with Gasteiger partial charge in [-0.25, -0.2) is 0 Å². The van der Waals surface area contributed by atoms with Crippen LogP contribution in [0.5, 0.6) is 0 Å². The van der Waals surface area contributed by atoms with E-state index in [0.717, 1.165) is 16.5 Å². The monoisotopic (exact) mass is 277 g/mol. The van der Waals surface area contributed by atoms with Crippen LogP contribution in [0.15, 0.2) is 60.7 Å². The molecule has 0 aliphatic heterocycles. The van der Waals surface area contributed by atoms with Gasteiger partial charge in [-0.05, 0) is 41.1 Å². The molecule has 0 unspecified atom stereocenters. The lowest BCUT2D eigenvalue weighted by Gasteiger charge is -2.09. The van der Waals surface area contributed by atoms with Gasteiger partial charge in [0.2, 0.25) is 0 Å². The fourth-order valence-electron chi connectivity index (χ4n) is 2.25. The molecule has 4 nitrogen and oxygen atoms in total. The van der Waals surface area contributed by atoms with E-state index in [0.29, 0.717) is 16.9 Å². The summed E-state index contributed by atoms with van der Waals surface area (Å²) in [4.78, 5) is 12.3. The highest BCUT2D eigenvalue weighted by Gasteiger charge is 2.10. The van der Waals surface area contributed by atoms with Crippen LogP contribution in [0.4, 0.5) is 17.1 Å². The van der Waals surface area contributed by atoms with Gasteiger partial charge in [0.05, 0.1) is 5.56 Å². The van der Waals surface area contributed by atoms with Crippen LogP contribution in [-0.2, 0) is 0 Å². The van der Waals surface area contributed by atoms with E-state index < -0.39 is 0 Å². The predicted molar refractivity (Wildman–Crippen MR) is 87.2 cm³/mol. The Morgan fingerprint density at radius 3 is 2.38 bits per heavy atom. The smallest absolute Gasteiger partial charge is 0.257 e. The first-order valence-corrected chi connectivity index (χ1v) is 6.58. The van der Waals surface area contributed by atoms with Gasteiger partial charge in [0.25, 0.3) is 5.91 Å². The minimum atomic E-state index is -0.247. The Hall–Kier alpha value is -3.01. The van der Waals surface area contributed by atoms with Crippen molar-refractivity contribution in [1.82, 2.24) is 0 Å². The molecule has 21 heavy (non-hydrogen) atoms. The van der Waals surface area contributed by atoms with E-state index in [1.165, 1.54) is 0 Å². The standard InChI is InChI=1S/C17H15N3O/c18-13-6-8-15(16(19)10-13)17(21)20-14-7-5-11-3-1-2-4-12(11)9-14/h1-10H,18-19H2,(H,20,21). The highest BCUT2D eigenvalue weighted by molar-refractivity contribution is 6.08. The second kappa shape index (κ2) is 5.17. The van der Waals surface area contributed by atoms with Crippen LogP contribution in [0, 0.1) is 0 Å². The van der Waals surface area contributed by atoms with Crippen molar-refractivity contribution < 1.29 is 4.79 Å². The molecule has 104 valence electrons. The number of hydrogen-bond acceptors (Lipinski definition) is 3. The van der Waals surface area contributed by atoms with E-state index in [1.54, 1.807) is 18.2 Å². The Morgan fingerprint density at radius 1 is 0.857 bits per heavy atom. The lowest BCUT2D eigenvalue weighted by atomic mass is 10.1. The summed E-state index contributed by atoms with van der Waals surface area (Å²) in [6, 6.07) is 18.6. The third-order valence-corrected chi connectivity index (χ3v) is 3.33. The SMILES string of the molecule is Nc1ccc(C(=O)Nc2ccc3ccccc3c2)c(N)c1. The summed E-state index contributed by atoms with van der Waals surface area (Å²) in [5.74, 6) is -0.247. The molecule has 5 N–H and O–H groups in total. The zero-order chi connectivity index (χ0) is 14.8. The summed E-state index contributed by atoms with van der Waals surface area (Å²) in [7, 11) is 0. The molecule has 0 spiro atoms. The molecule has 0 fully saturated rings. The normalized spacial score (nSPS) is 10.5. The summed E-state index contributed by atoms with van der Waals surface area (Å²) in [5.41, 5.74) is 13.5. The average Bonchev–Trinajstić information content (AvgIpc) is 2.47. The van der Waals surface area contributed by atoms with Crippen LogP contribution in [0.2, 0.25) is 0 Å². The van der Waals surface area contributed by atoms with Crippen LogP contribution in [0.25, 0.3) is 10.8 Å². The molecule has 0 saturated heterocycles. The van der Waals surface area contributed by atoms with Crippen molar-refractivity contribution in [2.75, 3.05) is 16.8 Å². The maximum Gasteiger partial charge on any atom is 0.257 e. The van der Waals surface area contributed by atoms with Crippen LogP contribution in [-0.4, -0.2) is 5.91 Å². The number of carbonyl (C=O) groups excluding carboxylic acids is 1. The third kappa shape index (κ3) is 2.65. The van der Waals surface area contributed by atoms with Crippen molar-refractivity contribution in [1.29, 1.82) is 0 Å². The van der Waals surface area contributed by atoms with Crippen LogP contribution in [0.1, 0.15) is 10.4 Å². The number of anilines is 3. The van der Waals surface area contributed by atoms with Gasteiger partial charge in [0.15, 0.2) is 0 Å². The first-order valence-electron chi connectivity index (χ1n) is 6.58. The van der Waals surface area contributed by atoms with Crippen LogP contribution >= 0.6 is 0 Å². The average molecular weight is 277 g/mol. The quantitative estimate of drug-likeness (QED) is 0.629. The molecule has 0 aliphatic rings. The minimum Gasteiger partial charge on any atom is -0.399 e. The molecule has 1 amide bonds. The number of hydrogen-bond donors (Lipinski definition) is 3. The van der Waals surface area contributed by atoms with Gasteiger partial charge < -0.3 is 16.8 Å². The van der Waals surface area contributed by atoms with E-state index in [4.69, 9.17) is 11.5 Å². The van der Waals surface area contributed by atoms with E-state index in [2.05, 4.69) is 5.32 Å². The van der Waals surface area contributed by atoms with Crippen molar-refractivity contribution in [3.05, 3.63) is 66.2 Å².